The predicted octanol–water partition coefficient (Wildman–Crippen LogP) is 4.49. The van der Waals surface area contributed by atoms with Crippen LogP contribution in [0.4, 0.5) is 4.79 Å². The van der Waals surface area contributed by atoms with Gasteiger partial charge in [-0.15, -0.1) is 0 Å². The van der Waals surface area contributed by atoms with Crippen LogP contribution in [0.5, 0.6) is 5.75 Å². The fourth-order valence-corrected chi connectivity index (χ4v) is 4.02. The molecule has 0 spiro atoms. The largest absolute Gasteiger partial charge is 0.497 e. The minimum absolute atomic E-state index is 0.346. The van der Waals surface area contributed by atoms with Gasteiger partial charge in [-0.1, -0.05) is 31.8 Å². The molecule has 1 heterocycles. The maximum Gasteiger partial charge on any atom is 0.418 e. The highest BCUT2D eigenvalue weighted by Gasteiger charge is 2.26. The number of rotatable bonds is 3. The number of ether oxygens (including phenoxy) is 2. The van der Waals surface area contributed by atoms with E-state index >= 15 is 0 Å². The summed E-state index contributed by atoms with van der Waals surface area (Å²) in [5.74, 6) is 0.819. The van der Waals surface area contributed by atoms with E-state index < -0.39 is 13.7 Å². The zero-order valence-corrected chi connectivity index (χ0v) is 16.6. The fraction of sp³-hybridized carbons (Fsp3) is 0.421. The molecule has 24 heavy (non-hydrogen) atoms. The summed E-state index contributed by atoms with van der Waals surface area (Å²) in [7, 11) is 0.0281. The summed E-state index contributed by atoms with van der Waals surface area (Å²) < 4.78 is 12.3. The van der Waals surface area contributed by atoms with Crippen molar-refractivity contribution in [1.29, 1.82) is 0 Å². The number of nitrogens with zero attached hydrogens (tertiary/aromatic N) is 1. The van der Waals surface area contributed by atoms with Crippen molar-refractivity contribution in [2.45, 2.75) is 46.0 Å². The molecule has 0 aliphatic heterocycles. The molecule has 0 saturated carbocycles. The van der Waals surface area contributed by atoms with Crippen LogP contribution in [0.15, 0.2) is 36.7 Å². The third-order valence-corrected chi connectivity index (χ3v) is 5.65. The number of aromatic nitrogens is 1. The van der Waals surface area contributed by atoms with E-state index in [1.165, 1.54) is 5.19 Å². The lowest BCUT2D eigenvalue weighted by molar-refractivity contribution is 0.0537. The molecule has 130 valence electrons. The van der Waals surface area contributed by atoms with Crippen LogP contribution in [-0.4, -0.2) is 31.4 Å². The molecule has 0 N–H and O–H groups in total. The standard InChI is InChI=1S/C19H27NO3Si/c1-19(2,3)23-18(21)20-12-16(17(13-20)24(5,6)7)14-8-10-15(22-4)11-9-14/h8-13H,1-7H3. The van der Waals surface area contributed by atoms with Gasteiger partial charge in [-0.2, -0.15) is 0 Å². The van der Waals surface area contributed by atoms with Gasteiger partial charge in [-0.25, -0.2) is 4.79 Å². The number of carbonyl (C=O) groups is 1. The van der Waals surface area contributed by atoms with E-state index in [4.69, 9.17) is 9.47 Å². The van der Waals surface area contributed by atoms with Gasteiger partial charge in [0.1, 0.15) is 11.4 Å². The van der Waals surface area contributed by atoms with Gasteiger partial charge in [0.05, 0.1) is 15.2 Å². The molecule has 4 nitrogen and oxygen atoms in total. The average Bonchev–Trinajstić information content (AvgIpc) is 2.91. The summed E-state index contributed by atoms with van der Waals surface area (Å²) in [6.07, 6.45) is 3.46. The highest BCUT2D eigenvalue weighted by Crippen LogP contribution is 2.24. The Kier molecular flexibility index (Phi) is 4.94. The number of methoxy groups -OCH3 is 1. The summed E-state index contributed by atoms with van der Waals surface area (Å²) in [5, 5.41) is 1.23. The minimum Gasteiger partial charge on any atom is -0.497 e. The van der Waals surface area contributed by atoms with Crippen LogP contribution in [0, 0.1) is 0 Å². The van der Waals surface area contributed by atoms with Crippen LogP contribution < -0.4 is 9.92 Å². The third-order valence-electron chi connectivity index (χ3n) is 3.64. The SMILES string of the molecule is COc1ccc(-c2cn(C(=O)OC(C)(C)C)cc2[Si](C)(C)C)cc1. The van der Waals surface area contributed by atoms with E-state index in [-0.39, 0.29) is 6.09 Å². The molecule has 0 radical (unpaired) electrons. The first-order valence-corrected chi connectivity index (χ1v) is 11.6. The van der Waals surface area contributed by atoms with Crippen molar-refractivity contribution < 1.29 is 14.3 Å². The van der Waals surface area contributed by atoms with Crippen molar-refractivity contribution >= 4 is 19.4 Å². The third kappa shape index (κ3) is 4.29. The zero-order chi connectivity index (χ0) is 18.1. The summed E-state index contributed by atoms with van der Waals surface area (Å²) in [5.41, 5.74) is 1.65. The fourth-order valence-electron chi connectivity index (χ4n) is 2.47. The van der Waals surface area contributed by atoms with Crippen molar-refractivity contribution in [1.82, 2.24) is 4.57 Å². The second-order valence-electron chi connectivity index (χ2n) is 7.95. The number of carbonyl (C=O) groups excluding carboxylic acids is 1. The lowest BCUT2D eigenvalue weighted by Gasteiger charge is -2.19. The first-order valence-electron chi connectivity index (χ1n) is 8.11. The Morgan fingerprint density at radius 1 is 1.04 bits per heavy atom. The highest BCUT2D eigenvalue weighted by atomic mass is 28.3. The molecule has 0 amide bonds. The molecule has 0 fully saturated rings. The van der Waals surface area contributed by atoms with Crippen molar-refractivity contribution in [3.8, 4) is 16.9 Å². The Hall–Kier alpha value is -2.01. The Morgan fingerprint density at radius 2 is 1.62 bits per heavy atom. The quantitative estimate of drug-likeness (QED) is 0.770. The van der Waals surface area contributed by atoms with E-state index in [1.54, 1.807) is 11.7 Å². The molecule has 2 aromatic rings. The van der Waals surface area contributed by atoms with Gasteiger partial charge in [0, 0.05) is 12.4 Å². The van der Waals surface area contributed by atoms with Gasteiger partial charge < -0.3 is 9.47 Å². The Bertz CT molecular complexity index is 719. The molecular formula is C19H27NO3Si. The van der Waals surface area contributed by atoms with Gasteiger partial charge in [-0.3, -0.25) is 4.57 Å². The Morgan fingerprint density at radius 3 is 2.08 bits per heavy atom. The van der Waals surface area contributed by atoms with Crippen LogP contribution in [0.2, 0.25) is 19.6 Å². The molecular weight excluding hydrogens is 318 g/mol. The first kappa shape index (κ1) is 18.3. The van der Waals surface area contributed by atoms with Crippen LogP contribution in [0.3, 0.4) is 0 Å². The molecule has 0 bridgehead atoms. The van der Waals surface area contributed by atoms with Gasteiger partial charge in [-0.05, 0) is 49.2 Å². The molecule has 0 atom stereocenters. The van der Waals surface area contributed by atoms with Crippen LogP contribution in [0.25, 0.3) is 11.1 Å². The lowest BCUT2D eigenvalue weighted by atomic mass is 10.1. The molecule has 5 heteroatoms. The molecule has 1 aromatic heterocycles. The van der Waals surface area contributed by atoms with Gasteiger partial charge in [0.2, 0.25) is 0 Å². The van der Waals surface area contributed by atoms with E-state index in [2.05, 4.69) is 19.6 Å². The normalized spacial score (nSPS) is 12.1. The average molecular weight is 346 g/mol. The number of hydrogen-bond donors (Lipinski definition) is 0. The predicted molar refractivity (Wildman–Crippen MR) is 101 cm³/mol. The maximum absolute atomic E-state index is 12.4. The summed E-state index contributed by atoms with van der Waals surface area (Å²) in [6.45, 7) is 12.4. The van der Waals surface area contributed by atoms with Crippen LogP contribution in [0.1, 0.15) is 20.8 Å². The summed E-state index contributed by atoms with van der Waals surface area (Å²) >= 11 is 0. The smallest absolute Gasteiger partial charge is 0.418 e. The topological polar surface area (TPSA) is 40.5 Å². The molecule has 0 unspecified atom stereocenters. The Labute approximate surface area is 145 Å². The number of benzene rings is 1. The molecule has 0 saturated heterocycles. The van der Waals surface area contributed by atoms with Gasteiger partial charge in [0.25, 0.3) is 0 Å². The van der Waals surface area contributed by atoms with Crippen molar-refractivity contribution in [3.05, 3.63) is 36.7 Å². The molecule has 2 rings (SSSR count). The first-order chi connectivity index (χ1) is 11.0. The lowest BCUT2D eigenvalue weighted by Crippen LogP contribution is -2.38. The van der Waals surface area contributed by atoms with Crippen molar-refractivity contribution in [2.24, 2.45) is 0 Å². The Balaban J connectivity index is 2.47. The second kappa shape index (κ2) is 6.47. The minimum atomic E-state index is -1.63. The van der Waals surface area contributed by atoms with Gasteiger partial charge >= 0.3 is 6.09 Å². The second-order valence-corrected chi connectivity index (χ2v) is 13.0. The van der Waals surface area contributed by atoms with E-state index in [9.17, 15) is 4.79 Å². The van der Waals surface area contributed by atoms with Crippen molar-refractivity contribution in [3.63, 3.8) is 0 Å². The van der Waals surface area contributed by atoms with Gasteiger partial charge in [0.15, 0.2) is 0 Å². The van der Waals surface area contributed by atoms with Crippen LogP contribution in [-0.2, 0) is 4.74 Å². The van der Waals surface area contributed by atoms with Crippen molar-refractivity contribution in [2.75, 3.05) is 7.11 Å². The van der Waals surface area contributed by atoms with Crippen LogP contribution >= 0.6 is 0 Å². The van der Waals surface area contributed by atoms with E-state index in [0.29, 0.717) is 0 Å². The molecule has 0 aliphatic rings. The maximum atomic E-state index is 12.4. The molecule has 0 aliphatic carbocycles. The summed E-state index contributed by atoms with van der Waals surface area (Å²) in [6, 6.07) is 7.93. The summed E-state index contributed by atoms with van der Waals surface area (Å²) in [4.78, 5) is 12.4. The monoisotopic (exact) mass is 345 g/mol. The van der Waals surface area contributed by atoms with E-state index in [0.717, 1.165) is 16.9 Å². The highest BCUT2D eigenvalue weighted by molar-refractivity contribution is 6.89. The molecule has 1 aromatic carbocycles. The number of hydrogen-bond acceptors (Lipinski definition) is 3. The zero-order valence-electron chi connectivity index (χ0n) is 15.6. The van der Waals surface area contributed by atoms with E-state index in [1.807, 2.05) is 57.4 Å².